The number of nitriles is 1. The van der Waals surface area contributed by atoms with Crippen LogP contribution < -0.4 is 0 Å². The van der Waals surface area contributed by atoms with Crippen molar-refractivity contribution in [3.63, 3.8) is 0 Å². The number of esters is 1. The molecule has 1 aromatic rings. The molecule has 0 amide bonds. The Morgan fingerprint density at radius 1 is 1.32 bits per heavy atom. The Morgan fingerprint density at radius 3 is 2.37 bits per heavy atom. The summed E-state index contributed by atoms with van der Waals surface area (Å²) in [6.07, 6.45) is 0. The van der Waals surface area contributed by atoms with Gasteiger partial charge in [-0.1, -0.05) is 17.7 Å². The molecule has 0 aliphatic rings. The fourth-order valence-electron chi connectivity index (χ4n) is 1.03. The van der Waals surface area contributed by atoms with Crippen molar-refractivity contribution in [1.29, 1.82) is 5.26 Å². The van der Waals surface area contributed by atoms with Crippen LogP contribution in [0.25, 0.3) is 0 Å². The van der Waals surface area contributed by atoms with E-state index < -0.39 is 21.8 Å². The molecule has 19 heavy (non-hydrogen) atoms. The number of oxime groups is 1. The van der Waals surface area contributed by atoms with Crippen molar-refractivity contribution in [2.45, 2.75) is 11.8 Å². The molecule has 1 rings (SSSR count). The molecule has 0 radical (unpaired) electrons. The van der Waals surface area contributed by atoms with Crippen molar-refractivity contribution < 1.29 is 22.2 Å². The molecule has 0 aliphatic heterocycles. The molecule has 1 aromatic carbocycles. The molecule has 0 atom stereocenters. The van der Waals surface area contributed by atoms with E-state index in [9.17, 15) is 13.2 Å². The summed E-state index contributed by atoms with van der Waals surface area (Å²) in [5.74, 6) is -1.08. The highest BCUT2D eigenvalue weighted by Gasteiger charge is 2.18. The summed E-state index contributed by atoms with van der Waals surface area (Å²) in [7, 11) is -3.14. The molecule has 0 aliphatic carbocycles. The zero-order valence-electron chi connectivity index (χ0n) is 10.2. The monoisotopic (exact) mass is 282 g/mol. The summed E-state index contributed by atoms with van der Waals surface area (Å²) in [6.45, 7) is 1.79. The maximum absolute atomic E-state index is 11.7. The minimum Gasteiger partial charge on any atom is -0.464 e. The summed E-state index contributed by atoms with van der Waals surface area (Å²) in [5, 5.41) is 11.6. The number of hydrogen-bond acceptors (Lipinski definition) is 7. The number of rotatable bonds is 4. The highest BCUT2D eigenvalue weighted by molar-refractivity contribution is 7.86. The topological polar surface area (TPSA) is 106 Å². The number of hydrogen-bond donors (Lipinski definition) is 0. The van der Waals surface area contributed by atoms with Gasteiger partial charge in [0.25, 0.3) is 5.71 Å². The standard InChI is InChI=1S/C11H10N2O5S/c1-8-3-5-9(6-4-8)19(15,16)18-13-10(7-12)11(14)17-2/h3-6H,1-2H3/b13-10+. The summed E-state index contributed by atoms with van der Waals surface area (Å²) in [4.78, 5) is 10.9. The van der Waals surface area contributed by atoms with E-state index in [4.69, 9.17) is 5.26 Å². The number of benzene rings is 1. The van der Waals surface area contributed by atoms with Crippen LogP contribution in [0.2, 0.25) is 0 Å². The number of nitrogens with zero attached hydrogens (tertiary/aromatic N) is 2. The van der Waals surface area contributed by atoms with Gasteiger partial charge in [-0.2, -0.15) is 13.7 Å². The van der Waals surface area contributed by atoms with E-state index in [2.05, 4.69) is 14.2 Å². The smallest absolute Gasteiger partial charge is 0.371 e. The van der Waals surface area contributed by atoms with Crippen LogP contribution in [0.15, 0.2) is 34.3 Å². The van der Waals surface area contributed by atoms with Crippen LogP contribution in [0.3, 0.4) is 0 Å². The molecule has 7 nitrogen and oxygen atoms in total. The van der Waals surface area contributed by atoms with Gasteiger partial charge in [0, 0.05) is 0 Å². The Labute approximate surface area is 110 Å². The van der Waals surface area contributed by atoms with E-state index in [-0.39, 0.29) is 4.90 Å². The third-order valence-corrected chi connectivity index (χ3v) is 3.14. The minimum absolute atomic E-state index is 0.135. The van der Waals surface area contributed by atoms with E-state index in [0.717, 1.165) is 12.7 Å². The van der Waals surface area contributed by atoms with Crippen molar-refractivity contribution in [3.05, 3.63) is 29.8 Å². The zero-order chi connectivity index (χ0) is 14.5. The number of carbonyl (C=O) groups is 1. The molecule has 0 saturated heterocycles. The highest BCUT2D eigenvalue weighted by Crippen LogP contribution is 2.13. The molecule has 0 saturated carbocycles. The van der Waals surface area contributed by atoms with Gasteiger partial charge in [0.05, 0.1) is 7.11 Å². The molecule has 0 aromatic heterocycles. The quantitative estimate of drug-likeness (QED) is 0.458. The van der Waals surface area contributed by atoms with Crippen LogP contribution in [0, 0.1) is 18.3 Å². The number of ether oxygens (including phenoxy) is 1. The van der Waals surface area contributed by atoms with Gasteiger partial charge in [-0.05, 0) is 24.2 Å². The van der Waals surface area contributed by atoms with Crippen LogP contribution in [0.1, 0.15) is 5.56 Å². The first-order valence-electron chi connectivity index (χ1n) is 4.97. The zero-order valence-corrected chi connectivity index (χ0v) is 11.0. The van der Waals surface area contributed by atoms with E-state index in [1.165, 1.54) is 18.2 Å². The van der Waals surface area contributed by atoms with Gasteiger partial charge in [0.2, 0.25) is 0 Å². The van der Waals surface area contributed by atoms with Gasteiger partial charge in [0.15, 0.2) is 0 Å². The lowest BCUT2D eigenvalue weighted by Crippen LogP contribution is -2.15. The highest BCUT2D eigenvalue weighted by atomic mass is 32.2. The second-order valence-electron chi connectivity index (χ2n) is 3.38. The van der Waals surface area contributed by atoms with Gasteiger partial charge < -0.3 is 4.74 Å². The first-order valence-corrected chi connectivity index (χ1v) is 6.38. The molecule has 0 fully saturated rings. The van der Waals surface area contributed by atoms with Gasteiger partial charge in [-0.3, -0.25) is 4.28 Å². The van der Waals surface area contributed by atoms with Gasteiger partial charge in [-0.15, -0.1) is 0 Å². The summed E-state index contributed by atoms with van der Waals surface area (Å²) >= 11 is 0. The Morgan fingerprint density at radius 2 is 1.89 bits per heavy atom. The fourth-order valence-corrected chi connectivity index (χ4v) is 1.76. The van der Waals surface area contributed by atoms with Crippen LogP contribution in [0.4, 0.5) is 0 Å². The maximum Gasteiger partial charge on any atom is 0.371 e. The summed E-state index contributed by atoms with van der Waals surface area (Å²) in [6, 6.07) is 7.17. The normalized spacial score (nSPS) is 11.5. The molecule has 0 unspecified atom stereocenters. The molecule has 8 heteroatoms. The Hall–Kier alpha value is -2.40. The van der Waals surface area contributed by atoms with Gasteiger partial charge in [0.1, 0.15) is 11.0 Å². The van der Waals surface area contributed by atoms with Gasteiger partial charge in [-0.25, -0.2) is 4.79 Å². The first kappa shape index (κ1) is 14.7. The van der Waals surface area contributed by atoms with Crippen molar-refractivity contribution in [1.82, 2.24) is 0 Å². The van der Waals surface area contributed by atoms with E-state index in [1.807, 2.05) is 0 Å². The number of methoxy groups -OCH3 is 1. The van der Waals surface area contributed by atoms with Crippen LogP contribution in [-0.2, 0) is 23.9 Å². The largest absolute Gasteiger partial charge is 0.464 e. The van der Waals surface area contributed by atoms with E-state index in [1.54, 1.807) is 19.1 Å². The summed E-state index contributed by atoms with van der Waals surface area (Å²) < 4.78 is 31.9. The Balaban J connectivity index is 2.98. The van der Waals surface area contributed by atoms with Crippen molar-refractivity contribution in [3.8, 4) is 6.07 Å². The Kier molecular flexibility index (Phi) is 4.61. The van der Waals surface area contributed by atoms with Crippen molar-refractivity contribution in [2.75, 3.05) is 7.11 Å². The first-order chi connectivity index (χ1) is 8.90. The lowest BCUT2D eigenvalue weighted by molar-refractivity contribution is -0.132. The molecule has 0 spiro atoms. The Bertz CT molecular complexity index is 641. The predicted octanol–water partition coefficient (Wildman–Crippen LogP) is 0.753. The van der Waals surface area contributed by atoms with Gasteiger partial charge >= 0.3 is 16.1 Å². The number of aryl methyl sites for hydroxylation is 1. The van der Waals surface area contributed by atoms with Crippen molar-refractivity contribution in [2.24, 2.45) is 5.16 Å². The molecule has 0 N–H and O–H groups in total. The third kappa shape index (κ3) is 3.79. The lowest BCUT2D eigenvalue weighted by atomic mass is 10.2. The van der Waals surface area contributed by atoms with Crippen LogP contribution in [0.5, 0.6) is 0 Å². The van der Waals surface area contributed by atoms with E-state index in [0.29, 0.717) is 0 Å². The molecule has 0 bridgehead atoms. The molecule has 100 valence electrons. The predicted molar refractivity (Wildman–Crippen MR) is 64.5 cm³/mol. The SMILES string of the molecule is COC(=O)/C(C#N)=N/OS(=O)(=O)c1ccc(C)cc1. The number of carbonyl (C=O) groups excluding carboxylic acids is 1. The fraction of sp³-hybridized carbons (Fsp3) is 0.182. The second kappa shape index (κ2) is 5.97. The minimum atomic E-state index is -4.17. The summed E-state index contributed by atoms with van der Waals surface area (Å²) in [5.41, 5.74) is 0.0768. The maximum atomic E-state index is 11.7. The average Bonchev–Trinajstić information content (AvgIpc) is 2.39. The lowest BCUT2D eigenvalue weighted by Gasteiger charge is -2.02. The molecular weight excluding hydrogens is 272 g/mol. The second-order valence-corrected chi connectivity index (χ2v) is 4.91. The van der Waals surface area contributed by atoms with Crippen LogP contribution in [-0.4, -0.2) is 27.2 Å². The molecular formula is C11H10N2O5S. The molecule has 0 heterocycles. The van der Waals surface area contributed by atoms with Crippen LogP contribution >= 0.6 is 0 Å². The van der Waals surface area contributed by atoms with E-state index >= 15 is 0 Å². The van der Waals surface area contributed by atoms with Crippen molar-refractivity contribution >= 4 is 21.8 Å². The average molecular weight is 282 g/mol. The third-order valence-electron chi connectivity index (χ3n) is 2.02.